The number of para-hydroxylation sites is 2. The van der Waals surface area contributed by atoms with Crippen molar-refractivity contribution in [2.24, 2.45) is 0 Å². The topological polar surface area (TPSA) is 30.7 Å². The van der Waals surface area contributed by atoms with Crippen molar-refractivity contribution in [2.75, 3.05) is 0 Å². The lowest BCUT2D eigenvalue weighted by Gasteiger charge is -2.20. The van der Waals surface area contributed by atoms with Crippen LogP contribution in [0.15, 0.2) is 146 Å². The molecule has 0 fully saturated rings. The van der Waals surface area contributed by atoms with Gasteiger partial charge in [0.05, 0.1) is 11.0 Å². The Hall–Kier alpha value is -5.54. The minimum Gasteiger partial charge on any atom is -0.297 e. The van der Waals surface area contributed by atoms with E-state index >= 15 is 0 Å². The molecule has 8 rings (SSSR count). The van der Waals surface area contributed by atoms with Gasteiger partial charge in [-0.1, -0.05) is 103 Å². The SMILES string of the molecule is Cc1nc2ccccc2n1-c1cccc(-c2c3ccccc3c(-c3ccccc3-c3cccnc3)c3ccccc23)c1. The van der Waals surface area contributed by atoms with Crippen molar-refractivity contribution >= 4 is 32.6 Å². The highest BCUT2D eigenvalue weighted by molar-refractivity contribution is 6.22. The first-order valence-electron chi connectivity index (χ1n) is 14.3. The zero-order chi connectivity index (χ0) is 28.0. The molecule has 0 aliphatic rings. The molecule has 0 aliphatic heterocycles. The van der Waals surface area contributed by atoms with E-state index in [1.165, 1.54) is 49.4 Å². The Labute approximate surface area is 244 Å². The minimum absolute atomic E-state index is 0.977. The predicted octanol–water partition coefficient (Wildman–Crippen LogP) is 10.0. The molecule has 0 unspecified atom stereocenters. The van der Waals surface area contributed by atoms with Gasteiger partial charge in [-0.2, -0.15) is 0 Å². The highest BCUT2D eigenvalue weighted by Gasteiger charge is 2.19. The van der Waals surface area contributed by atoms with E-state index in [9.17, 15) is 0 Å². The molecule has 198 valence electrons. The molecule has 2 aromatic heterocycles. The van der Waals surface area contributed by atoms with Gasteiger partial charge in [0, 0.05) is 23.6 Å². The van der Waals surface area contributed by atoms with Crippen LogP contribution in [0, 0.1) is 6.92 Å². The van der Waals surface area contributed by atoms with Gasteiger partial charge < -0.3 is 0 Å². The second-order valence-electron chi connectivity index (χ2n) is 10.7. The zero-order valence-electron chi connectivity index (χ0n) is 23.2. The Morgan fingerprint density at radius 1 is 0.524 bits per heavy atom. The minimum atomic E-state index is 0.977. The van der Waals surface area contributed by atoms with E-state index in [2.05, 4.69) is 138 Å². The van der Waals surface area contributed by atoms with Gasteiger partial charge in [0.2, 0.25) is 0 Å². The Morgan fingerprint density at radius 2 is 1.14 bits per heavy atom. The highest BCUT2D eigenvalue weighted by Crippen LogP contribution is 2.46. The molecular weight excluding hydrogens is 510 g/mol. The molecule has 0 N–H and O–H groups in total. The van der Waals surface area contributed by atoms with Crippen molar-refractivity contribution in [2.45, 2.75) is 6.92 Å². The fourth-order valence-corrected chi connectivity index (χ4v) is 6.48. The van der Waals surface area contributed by atoms with E-state index in [0.29, 0.717) is 0 Å². The largest absolute Gasteiger partial charge is 0.297 e. The predicted molar refractivity (Wildman–Crippen MR) is 175 cm³/mol. The molecule has 0 radical (unpaired) electrons. The summed E-state index contributed by atoms with van der Waals surface area (Å²) in [5, 5.41) is 4.93. The molecule has 3 nitrogen and oxygen atoms in total. The van der Waals surface area contributed by atoms with Crippen LogP contribution < -0.4 is 0 Å². The lowest BCUT2D eigenvalue weighted by atomic mass is 9.84. The molecule has 0 bridgehead atoms. The molecule has 8 aromatic rings. The number of aromatic nitrogens is 3. The Kier molecular flexibility index (Phi) is 5.68. The molecule has 3 heteroatoms. The van der Waals surface area contributed by atoms with Crippen LogP contribution in [0.3, 0.4) is 0 Å². The number of pyridine rings is 1. The maximum absolute atomic E-state index is 4.83. The van der Waals surface area contributed by atoms with Crippen LogP contribution in [-0.4, -0.2) is 14.5 Å². The van der Waals surface area contributed by atoms with Crippen LogP contribution >= 0.6 is 0 Å². The van der Waals surface area contributed by atoms with Crippen molar-refractivity contribution in [3.8, 4) is 39.1 Å². The van der Waals surface area contributed by atoms with Gasteiger partial charge in [0.15, 0.2) is 0 Å². The van der Waals surface area contributed by atoms with Gasteiger partial charge in [0.1, 0.15) is 5.82 Å². The van der Waals surface area contributed by atoms with Crippen molar-refractivity contribution in [3.63, 3.8) is 0 Å². The lowest BCUT2D eigenvalue weighted by Crippen LogP contribution is -1.98. The summed E-state index contributed by atoms with van der Waals surface area (Å²) in [6.07, 6.45) is 3.78. The first kappa shape index (κ1) is 24.3. The van der Waals surface area contributed by atoms with Crippen LogP contribution in [-0.2, 0) is 0 Å². The Morgan fingerprint density at radius 3 is 1.86 bits per heavy atom. The third-order valence-corrected chi connectivity index (χ3v) is 8.22. The molecule has 42 heavy (non-hydrogen) atoms. The fourth-order valence-electron chi connectivity index (χ4n) is 6.48. The van der Waals surface area contributed by atoms with E-state index < -0.39 is 0 Å². The monoisotopic (exact) mass is 537 g/mol. The van der Waals surface area contributed by atoms with Crippen LogP contribution in [0.5, 0.6) is 0 Å². The molecular formula is C39H27N3. The highest BCUT2D eigenvalue weighted by atomic mass is 15.1. The van der Waals surface area contributed by atoms with Crippen LogP contribution in [0.4, 0.5) is 0 Å². The summed E-state index contributed by atoms with van der Waals surface area (Å²) in [7, 11) is 0. The number of rotatable bonds is 4. The molecule has 0 saturated carbocycles. The molecule has 2 heterocycles. The summed E-state index contributed by atoms with van der Waals surface area (Å²) in [5.41, 5.74) is 10.4. The van der Waals surface area contributed by atoms with Crippen molar-refractivity contribution in [3.05, 3.63) is 152 Å². The standard InChI is InChI=1S/C39H27N3/c1-26-41-36-21-8-9-22-37(36)42(26)29-14-10-12-27(24-29)38-32-17-4-6-19-34(32)39(35-20-7-5-18-33(35)38)31-16-3-2-15-30(31)28-13-11-23-40-25-28/h2-25H,1H3. The van der Waals surface area contributed by atoms with Gasteiger partial charge in [-0.15, -0.1) is 0 Å². The molecule has 0 saturated heterocycles. The van der Waals surface area contributed by atoms with Crippen molar-refractivity contribution < 1.29 is 0 Å². The third kappa shape index (κ3) is 3.82. The van der Waals surface area contributed by atoms with Crippen LogP contribution in [0.1, 0.15) is 5.82 Å². The smallest absolute Gasteiger partial charge is 0.111 e. The number of aryl methyl sites for hydroxylation is 1. The van der Waals surface area contributed by atoms with Gasteiger partial charge in [0.25, 0.3) is 0 Å². The van der Waals surface area contributed by atoms with Crippen molar-refractivity contribution in [1.82, 2.24) is 14.5 Å². The summed E-state index contributed by atoms with van der Waals surface area (Å²) in [6, 6.07) is 47.7. The molecule has 0 amide bonds. The molecule has 0 spiro atoms. The summed E-state index contributed by atoms with van der Waals surface area (Å²) in [6.45, 7) is 2.08. The number of nitrogens with zero attached hydrogens (tertiary/aromatic N) is 3. The maximum Gasteiger partial charge on any atom is 0.111 e. The normalized spacial score (nSPS) is 11.5. The number of hydrogen-bond acceptors (Lipinski definition) is 2. The molecule has 0 aliphatic carbocycles. The second kappa shape index (κ2) is 9.83. The van der Waals surface area contributed by atoms with E-state index in [1.54, 1.807) is 0 Å². The summed E-state index contributed by atoms with van der Waals surface area (Å²) in [4.78, 5) is 9.25. The summed E-state index contributed by atoms with van der Waals surface area (Å²) >= 11 is 0. The van der Waals surface area contributed by atoms with Gasteiger partial charge in [-0.05, 0) is 86.6 Å². The third-order valence-electron chi connectivity index (χ3n) is 8.22. The number of hydrogen-bond donors (Lipinski definition) is 0. The summed E-state index contributed by atoms with van der Waals surface area (Å²) in [5.74, 6) is 0.977. The number of benzene rings is 6. The van der Waals surface area contributed by atoms with Crippen LogP contribution in [0.25, 0.3) is 71.6 Å². The Balaban J connectivity index is 1.43. The van der Waals surface area contributed by atoms with Crippen molar-refractivity contribution in [1.29, 1.82) is 0 Å². The van der Waals surface area contributed by atoms with E-state index in [4.69, 9.17) is 4.98 Å². The van der Waals surface area contributed by atoms with Crippen LogP contribution in [0.2, 0.25) is 0 Å². The average Bonchev–Trinajstić information content (AvgIpc) is 3.39. The first-order chi connectivity index (χ1) is 20.8. The molecule has 0 atom stereocenters. The average molecular weight is 538 g/mol. The maximum atomic E-state index is 4.83. The first-order valence-corrected chi connectivity index (χ1v) is 14.3. The number of fused-ring (bicyclic) bond motifs is 3. The van der Waals surface area contributed by atoms with Gasteiger partial charge in [-0.25, -0.2) is 4.98 Å². The summed E-state index contributed by atoms with van der Waals surface area (Å²) < 4.78 is 2.25. The van der Waals surface area contributed by atoms with Gasteiger partial charge in [-0.3, -0.25) is 9.55 Å². The van der Waals surface area contributed by atoms with E-state index in [-0.39, 0.29) is 0 Å². The zero-order valence-corrected chi connectivity index (χ0v) is 23.2. The Bertz CT molecular complexity index is 2200. The lowest BCUT2D eigenvalue weighted by molar-refractivity contribution is 1.00. The number of imidazole rings is 1. The fraction of sp³-hybridized carbons (Fsp3) is 0.0256. The second-order valence-corrected chi connectivity index (χ2v) is 10.7. The van der Waals surface area contributed by atoms with E-state index in [1.807, 2.05) is 24.5 Å². The quantitative estimate of drug-likeness (QED) is 0.209. The van der Waals surface area contributed by atoms with Gasteiger partial charge >= 0.3 is 0 Å². The van der Waals surface area contributed by atoms with E-state index in [0.717, 1.165) is 28.1 Å². The molecule has 6 aromatic carbocycles.